The van der Waals surface area contributed by atoms with Crippen molar-refractivity contribution in [1.82, 2.24) is 4.57 Å². The van der Waals surface area contributed by atoms with Crippen LogP contribution < -0.4 is 4.57 Å². The van der Waals surface area contributed by atoms with Crippen LogP contribution in [0.3, 0.4) is 0 Å². The molecule has 6 nitrogen and oxygen atoms in total. The lowest BCUT2D eigenvalue weighted by atomic mass is 10.1. The van der Waals surface area contributed by atoms with Gasteiger partial charge in [-0.25, -0.2) is 17.6 Å². The minimum Gasteiger partial charge on any atom is -0.748 e. The molecule has 2 aromatic carbocycles. The molecule has 0 aliphatic heterocycles. The van der Waals surface area contributed by atoms with Gasteiger partial charge in [0.2, 0.25) is 6.33 Å². The van der Waals surface area contributed by atoms with Crippen LogP contribution in [0.2, 0.25) is 20.1 Å². The molecule has 39 heavy (non-hydrogen) atoms. The molecule has 0 spiro atoms. The fraction of sp³-hybridized carbons (Fsp3) is 0.464. The number of imidazole rings is 1. The van der Waals surface area contributed by atoms with E-state index in [2.05, 4.69) is 34.8 Å². The standard InChI is InChI=1S/C26H31Cl4N2O.C2H6O3S/c1-2-3-4-5-6-7-12-31-13-14-32(19-31)17-26(23-11-10-22(28)16-25(23)30)33-18-20-8-9-21(27)15-24(20)29;1-2-6(3,4)5/h8-11,13-16,19,26H,2-7,12,17-18H2,1H3;2H2,1H3,(H,3,4,5)/q+1;/p-1. The number of ether oxygens (including phenoxy) is 1. The Morgan fingerprint density at radius 2 is 1.54 bits per heavy atom. The minimum atomic E-state index is -3.91. The van der Waals surface area contributed by atoms with E-state index in [-0.39, 0.29) is 11.9 Å². The zero-order valence-electron chi connectivity index (χ0n) is 22.3. The third kappa shape index (κ3) is 13.3. The molecule has 1 atom stereocenters. The second-order valence-corrected chi connectivity index (χ2v) is 12.5. The number of unbranched alkanes of at least 4 members (excludes halogenated alkanes) is 5. The predicted molar refractivity (Wildman–Crippen MR) is 159 cm³/mol. The van der Waals surface area contributed by atoms with Gasteiger partial charge in [0.05, 0.1) is 23.3 Å². The number of aryl methyl sites for hydroxylation is 1. The van der Waals surface area contributed by atoms with E-state index in [0.717, 1.165) is 17.7 Å². The molecule has 216 valence electrons. The van der Waals surface area contributed by atoms with Crippen LogP contribution >= 0.6 is 46.4 Å². The normalized spacial score (nSPS) is 12.2. The van der Waals surface area contributed by atoms with Gasteiger partial charge in [0.15, 0.2) is 0 Å². The third-order valence-corrected chi connectivity index (χ3v) is 7.87. The van der Waals surface area contributed by atoms with Gasteiger partial charge in [-0.05, 0) is 42.7 Å². The van der Waals surface area contributed by atoms with E-state index in [0.29, 0.717) is 33.2 Å². The van der Waals surface area contributed by atoms with Gasteiger partial charge in [-0.2, -0.15) is 0 Å². The Morgan fingerprint density at radius 3 is 2.15 bits per heavy atom. The second-order valence-electron chi connectivity index (χ2n) is 9.16. The first kappa shape index (κ1) is 33.9. The van der Waals surface area contributed by atoms with Crippen molar-refractivity contribution in [2.45, 2.75) is 78.2 Å². The third-order valence-electron chi connectivity index (χ3n) is 6.01. The van der Waals surface area contributed by atoms with Crippen LogP contribution in [-0.2, 0) is 34.6 Å². The molecule has 3 aromatic rings. The molecular weight excluding hydrogens is 602 g/mol. The summed E-state index contributed by atoms with van der Waals surface area (Å²) in [5, 5.41) is 2.37. The number of hydrogen-bond donors (Lipinski definition) is 0. The molecule has 3 rings (SSSR count). The Labute approximate surface area is 252 Å². The number of aromatic nitrogens is 2. The maximum absolute atomic E-state index is 9.44. The van der Waals surface area contributed by atoms with E-state index in [4.69, 9.17) is 51.1 Å². The average Bonchev–Trinajstić information content (AvgIpc) is 3.32. The summed E-state index contributed by atoms with van der Waals surface area (Å²) < 4.78 is 39.0. The summed E-state index contributed by atoms with van der Waals surface area (Å²) in [5.74, 6) is -0.312. The molecule has 0 bridgehead atoms. The second kappa shape index (κ2) is 17.5. The molecule has 0 amide bonds. The maximum Gasteiger partial charge on any atom is 0.243 e. The summed E-state index contributed by atoms with van der Waals surface area (Å²) in [6, 6.07) is 10.9. The number of benzene rings is 2. The highest BCUT2D eigenvalue weighted by molar-refractivity contribution is 7.85. The summed E-state index contributed by atoms with van der Waals surface area (Å²) in [5.41, 5.74) is 1.77. The van der Waals surface area contributed by atoms with E-state index >= 15 is 0 Å². The maximum atomic E-state index is 9.44. The van der Waals surface area contributed by atoms with Crippen LogP contribution in [0, 0.1) is 0 Å². The van der Waals surface area contributed by atoms with Gasteiger partial charge in [0, 0.05) is 31.4 Å². The number of hydrogen-bond acceptors (Lipinski definition) is 4. The quantitative estimate of drug-likeness (QED) is 0.101. The molecule has 0 radical (unpaired) electrons. The van der Waals surface area contributed by atoms with Gasteiger partial charge in [-0.3, -0.25) is 0 Å². The van der Waals surface area contributed by atoms with Crippen LogP contribution in [0.15, 0.2) is 55.1 Å². The summed E-state index contributed by atoms with van der Waals surface area (Å²) in [7, 11) is -3.91. The number of rotatable bonds is 14. The van der Waals surface area contributed by atoms with Crippen molar-refractivity contribution >= 4 is 56.5 Å². The van der Waals surface area contributed by atoms with Gasteiger partial charge >= 0.3 is 0 Å². The van der Waals surface area contributed by atoms with Crippen LogP contribution in [0.25, 0.3) is 0 Å². The Morgan fingerprint density at radius 1 is 0.923 bits per heavy atom. The molecule has 0 saturated heterocycles. The summed E-state index contributed by atoms with van der Waals surface area (Å²) in [6.45, 7) is 5.54. The lowest BCUT2D eigenvalue weighted by Gasteiger charge is -2.19. The van der Waals surface area contributed by atoms with Crippen LogP contribution in [-0.4, -0.2) is 23.3 Å². The fourth-order valence-electron chi connectivity index (χ4n) is 3.78. The first-order chi connectivity index (χ1) is 18.5. The van der Waals surface area contributed by atoms with Gasteiger partial charge in [0.25, 0.3) is 0 Å². The highest BCUT2D eigenvalue weighted by atomic mass is 35.5. The summed E-state index contributed by atoms with van der Waals surface area (Å²) in [4.78, 5) is 0. The highest BCUT2D eigenvalue weighted by Crippen LogP contribution is 2.30. The SMILES string of the molecule is CCCCCCCCn1cc[n+](CC(OCc2ccc(Cl)cc2Cl)c2ccc(Cl)cc2Cl)c1.CCS(=O)(=O)[O-]. The minimum absolute atomic E-state index is 0.267. The smallest absolute Gasteiger partial charge is 0.243 e. The van der Waals surface area contributed by atoms with Crippen molar-refractivity contribution in [3.63, 3.8) is 0 Å². The van der Waals surface area contributed by atoms with E-state index < -0.39 is 10.1 Å². The molecule has 0 aliphatic rings. The number of halogens is 4. The van der Waals surface area contributed by atoms with Crippen LogP contribution in [0.4, 0.5) is 0 Å². The Hall–Kier alpha value is -1.32. The van der Waals surface area contributed by atoms with Gasteiger partial charge in [0.1, 0.15) is 25.0 Å². The van der Waals surface area contributed by atoms with Crippen molar-refractivity contribution in [2.24, 2.45) is 0 Å². The predicted octanol–water partition coefficient (Wildman–Crippen LogP) is 8.26. The van der Waals surface area contributed by atoms with Crippen LogP contribution in [0.5, 0.6) is 0 Å². The Balaban J connectivity index is 0.000000798. The fourth-order valence-corrected chi connectivity index (χ4v) is 4.77. The topological polar surface area (TPSA) is 75.2 Å². The molecular formula is C28H36Cl4N2O4S. The molecule has 1 heterocycles. The van der Waals surface area contributed by atoms with E-state index in [1.54, 1.807) is 12.1 Å². The molecule has 11 heteroatoms. The lowest BCUT2D eigenvalue weighted by molar-refractivity contribution is -0.704. The zero-order valence-corrected chi connectivity index (χ0v) is 26.1. The van der Waals surface area contributed by atoms with Crippen molar-refractivity contribution in [3.05, 3.63) is 86.3 Å². The largest absolute Gasteiger partial charge is 0.748 e. The molecule has 0 aliphatic carbocycles. The van der Waals surface area contributed by atoms with E-state index in [9.17, 15) is 13.0 Å². The van der Waals surface area contributed by atoms with Gasteiger partial charge in [-0.15, -0.1) is 0 Å². The highest BCUT2D eigenvalue weighted by Gasteiger charge is 2.20. The zero-order chi connectivity index (χ0) is 28.8. The van der Waals surface area contributed by atoms with E-state index in [1.165, 1.54) is 45.4 Å². The van der Waals surface area contributed by atoms with Gasteiger partial charge < -0.3 is 9.29 Å². The molecule has 1 unspecified atom stereocenters. The Bertz CT molecular complexity index is 1270. The molecule has 0 fully saturated rings. The first-order valence-electron chi connectivity index (χ1n) is 13.0. The van der Waals surface area contributed by atoms with Crippen molar-refractivity contribution in [1.29, 1.82) is 0 Å². The van der Waals surface area contributed by atoms with Gasteiger partial charge in [-0.1, -0.05) is 98.1 Å². The van der Waals surface area contributed by atoms with Crippen molar-refractivity contribution in [2.75, 3.05) is 5.75 Å². The summed E-state index contributed by atoms with van der Waals surface area (Å²) >= 11 is 25.0. The van der Waals surface area contributed by atoms with Crippen molar-refractivity contribution < 1.29 is 22.3 Å². The first-order valence-corrected chi connectivity index (χ1v) is 16.1. The summed E-state index contributed by atoms with van der Waals surface area (Å²) in [6.07, 6.45) is 13.8. The molecule has 1 aromatic heterocycles. The van der Waals surface area contributed by atoms with Crippen molar-refractivity contribution in [3.8, 4) is 0 Å². The van der Waals surface area contributed by atoms with Crippen LogP contribution in [0.1, 0.15) is 69.6 Å². The average molecular weight is 638 g/mol. The molecule has 0 saturated carbocycles. The lowest BCUT2D eigenvalue weighted by Crippen LogP contribution is -2.35. The Kier molecular flexibility index (Phi) is 15.2. The monoisotopic (exact) mass is 636 g/mol. The molecule has 0 N–H and O–H groups in total. The number of nitrogens with zero attached hydrogens (tertiary/aromatic N) is 2. The van der Waals surface area contributed by atoms with E-state index in [1.807, 2.05) is 24.3 Å².